The predicted molar refractivity (Wildman–Crippen MR) is 116 cm³/mol. The quantitative estimate of drug-likeness (QED) is 0.292. The molecular formula is C19H14FN5O6S2. The van der Waals surface area contributed by atoms with E-state index < -0.39 is 31.2 Å². The van der Waals surface area contributed by atoms with E-state index in [9.17, 15) is 30.3 Å². The maximum Gasteiger partial charge on any atom is 0.315 e. The molecule has 4 rings (SSSR count). The molecular weight excluding hydrogens is 477 g/mol. The number of para-hydroxylation sites is 1. The highest BCUT2D eigenvalue weighted by atomic mass is 32.2. The van der Waals surface area contributed by atoms with Crippen molar-refractivity contribution in [1.29, 1.82) is 0 Å². The van der Waals surface area contributed by atoms with Gasteiger partial charge in [0.15, 0.2) is 0 Å². The molecule has 3 aromatic carbocycles. The van der Waals surface area contributed by atoms with Crippen molar-refractivity contribution in [3.8, 4) is 0 Å². The predicted octanol–water partition coefficient (Wildman–Crippen LogP) is 3.14. The number of halogens is 1. The zero-order chi connectivity index (χ0) is 23.8. The number of hydrogen-bond donors (Lipinski definition) is 4. The van der Waals surface area contributed by atoms with Crippen LogP contribution >= 0.6 is 0 Å². The molecule has 0 aliphatic rings. The standard InChI is InChI=1S/C19H14FN5O6S2/c20-17-23-18(25-19(24-17)22-15-5-1-2-7-16(15)33(29,30)31)21-14-6-3-4-11-10-12(32(26,27)28)8-9-13(11)14/h1-10H,(H,26,27,28)(H,29,30,31)(H2,21,22,23,24,25). The van der Waals surface area contributed by atoms with Crippen molar-refractivity contribution < 1.29 is 30.3 Å². The topological polar surface area (TPSA) is 171 Å². The Balaban J connectivity index is 1.70. The molecule has 0 atom stereocenters. The molecule has 0 amide bonds. The lowest BCUT2D eigenvalue weighted by Gasteiger charge is -2.12. The first-order chi connectivity index (χ1) is 15.5. The summed E-state index contributed by atoms with van der Waals surface area (Å²) in [7, 11) is -8.96. The van der Waals surface area contributed by atoms with Crippen LogP contribution in [-0.2, 0) is 20.2 Å². The SMILES string of the molecule is O=S(=O)(O)c1ccc2c(Nc3nc(F)nc(Nc4ccccc4S(=O)(=O)O)n3)cccc2c1. The van der Waals surface area contributed by atoms with E-state index >= 15 is 0 Å². The van der Waals surface area contributed by atoms with Gasteiger partial charge in [0.05, 0.1) is 10.6 Å². The van der Waals surface area contributed by atoms with Gasteiger partial charge in [-0.1, -0.05) is 30.3 Å². The fraction of sp³-hybridized carbons (Fsp3) is 0. The Kier molecular flexibility index (Phi) is 5.67. The normalized spacial score (nSPS) is 12.0. The molecule has 4 aromatic rings. The molecule has 0 bridgehead atoms. The van der Waals surface area contributed by atoms with Crippen LogP contribution in [0.3, 0.4) is 0 Å². The van der Waals surface area contributed by atoms with E-state index in [1.54, 1.807) is 18.2 Å². The molecule has 170 valence electrons. The largest absolute Gasteiger partial charge is 0.323 e. The van der Waals surface area contributed by atoms with E-state index in [2.05, 4.69) is 25.6 Å². The molecule has 1 aromatic heterocycles. The van der Waals surface area contributed by atoms with Gasteiger partial charge in [-0.3, -0.25) is 9.11 Å². The first kappa shape index (κ1) is 22.5. The third kappa shape index (κ3) is 5.04. The highest BCUT2D eigenvalue weighted by Crippen LogP contribution is 2.28. The van der Waals surface area contributed by atoms with Gasteiger partial charge < -0.3 is 10.6 Å². The molecule has 0 saturated heterocycles. The van der Waals surface area contributed by atoms with Gasteiger partial charge in [0, 0.05) is 11.1 Å². The highest BCUT2D eigenvalue weighted by molar-refractivity contribution is 7.86. The minimum absolute atomic E-state index is 0.0838. The summed E-state index contributed by atoms with van der Waals surface area (Å²) in [6.07, 6.45) is -1.17. The number of fused-ring (bicyclic) bond motifs is 1. The number of rotatable bonds is 6. The van der Waals surface area contributed by atoms with Crippen LogP contribution in [0, 0.1) is 6.08 Å². The van der Waals surface area contributed by atoms with Crippen LogP contribution in [0.4, 0.5) is 27.7 Å². The van der Waals surface area contributed by atoms with Crippen molar-refractivity contribution >= 4 is 54.3 Å². The molecule has 0 aliphatic carbocycles. The van der Waals surface area contributed by atoms with E-state index in [4.69, 9.17) is 0 Å². The van der Waals surface area contributed by atoms with Gasteiger partial charge in [-0.2, -0.15) is 36.2 Å². The average molecular weight is 491 g/mol. The molecule has 0 aliphatic heterocycles. The zero-order valence-electron chi connectivity index (χ0n) is 16.3. The van der Waals surface area contributed by atoms with Gasteiger partial charge in [-0.05, 0) is 35.7 Å². The Morgan fingerprint density at radius 1 is 0.727 bits per heavy atom. The van der Waals surface area contributed by atoms with E-state index in [0.29, 0.717) is 16.5 Å². The van der Waals surface area contributed by atoms with Gasteiger partial charge in [0.25, 0.3) is 20.2 Å². The smallest absolute Gasteiger partial charge is 0.315 e. The number of aromatic nitrogens is 3. The molecule has 0 saturated carbocycles. The highest BCUT2D eigenvalue weighted by Gasteiger charge is 2.17. The van der Waals surface area contributed by atoms with Gasteiger partial charge in [0.1, 0.15) is 4.90 Å². The number of hydrogen-bond acceptors (Lipinski definition) is 9. The average Bonchev–Trinajstić information content (AvgIpc) is 2.72. The second kappa shape index (κ2) is 8.32. The fourth-order valence-corrected chi connectivity index (χ4v) is 4.19. The maximum absolute atomic E-state index is 14.1. The van der Waals surface area contributed by atoms with Crippen LogP contribution in [0.5, 0.6) is 0 Å². The Bertz CT molecular complexity index is 1600. The van der Waals surface area contributed by atoms with E-state index in [-0.39, 0.29) is 22.5 Å². The third-order valence-electron chi connectivity index (χ3n) is 4.42. The van der Waals surface area contributed by atoms with Crippen LogP contribution in [-0.4, -0.2) is 40.9 Å². The lowest BCUT2D eigenvalue weighted by Crippen LogP contribution is -2.08. The summed E-state index contributed by atoms with van der Waals surface area (Å²) >= 11 is 0. The van der Waals surface area contributed by atoms with Gasteiger partial charge in [-0.15, -0.1) is 0 Å². The van der Waals surface area contributed by atoms with Crippen molar-refractivity contribution in [2.75, 3.05) is 10.6 Å². The molecule has 11 nitrogen and oxygen atoms in total. The summed E-state index contributed by atoms with van der Waals surface area (Å²) in [4.78, 5) is 10.3. The Morgan fingerprint density at radius 3 is 2.03 bits per heavy atom. The summed E-state index contributed by atoms with van der Waals surface area (Å²) in [6, 6.07) is 14.1. The second-order valence-corrected chi connectivity index (χ2v) is 9.45. The summed E-state index contributed by atoms with van der Waals surface area (Å²) in [5, 5.41) is 6.31. The van der Waals surface area contributed by atoms with Gasteiger partial charge in [0.2, 0.25) is 11.9 Å². The monoisotopic (exact) mass is 491 g/mol. The van der Waals surface area contributed by atoms with Crippen LogP contribution < -0.4 is 10.6 Å². The molecule has 4 N–H and O–H groups in total. The van der Waals surface area contributed by atoms with Crippen LogP contribution in [0.2, 0.25) is 0 Å². The molecule has 0 unspecified atom stereocenters. The lowest BCUT2D eigenvalue weighted by molar-refractivity contribution is 0.481. The maximum atomic E-state index is 14.1. The fourth-order valence-electron chi connectivity index (χ4n) is 3.03. The van der Waals surface area contributed by atoms with E-state index in [0.717, 1.165) is 6.07 Å². The molecule has 33 heavy (non-hydrogen) atoms. The minimum Gasteiger partial charge on any atom is -0.323 e. The molecule has 0 fully saturated rings. The number of nitrogens with one attached hydrogen (secondary N) is 2. The first-order valence-electron chi connectivity index (χ1n) is 9.03. The van der Waals surface area contributed by atoms with Crippen molar-refractivity contribution in [2.24, 2.45) is 0 Å². The summed E-state index contributed by atoms with van der Waals surface area (Å²) < 4.78 is 78.5. The summed E-state index contributed by atoms with van der Waals surface area (Å²) in [5.74, 6) is -0.573. The number of nitrogens with zero attached hydrogens (tertiary/aromatic N) is 3. The third-order valence-corrected chi connectivity index (χ3v) is 6.18. The second-order valence-electron chi connectivity index (χ2n) is 6.64. The van der Waals surface area contributed by atoms with Gasteiger partial charge in [-0.25, -0.2) is 0 Å². The van der Waals surface area contributed by atoms with Crippen LogP contribution in [0.25, 0.3) is 10.8 Å². The molecule has 14 heteroatoms. The Hall–Kier alpha value is -3.72. The van der Waals surface area contributed by atoms with Crippen molar-refractivity contribution in [2.45, 2.75) is 9.79 Å². The number of anilines is 4. The van der Waals surface area contributed by atoms with Gasteiger partial charge >= 0.3 is 6.08 Å². The lowest BCUT2D eigenvalue weighted by atomic mass is 10.1. The molecule has 1 heterocycles. The molecule has 0 radical (unpaired) electrons. The van der Waals surface area contributed by atoms with E-state index in [1.165, 1.54) is 36.4 Å². The van der Waals surface area contributed by atoms with Crippen molar-refractivity contribution in [3.63, 3.8) is 0 Å². The molecule has 0 spiro atoms. The Labute approximate surface area is 186 Å². The zero-order valence-corrected chi connectivity index (χ0v) is 18.0. The minimum atomic E-state index is -4.56. The summed E-state index contributed by atoms with van der Waals surface area (Å²) in [5.41, 5.74) is 0.309. The summed E-state index contributed by atoms with van der Waals surface area (Å²) in [6.45, 7) is 0. The Morgan fingerprint density at radius 2 is 1.36 bits per heavy atom. The van der Waals surface area contributed by atoms with Crippen molar-refractivity contribution in [3.05, 3.63) is 66.7 Å². The van der Waals surface area contributed by atoms with Crippen LogP contribution in [0.1, 0.15) is 0 Å². The first-order valence-corrected chi connectivity index (χ1v) is 11.9. The number of benzene rings is 3. The van der Waals surface area contributed by atoms with Crippen LogP contribution in [0.15, 0.2) is 70.5 Å². The van der Waals surface area contributed by atoms with Crippen molar-refractivity contribution in [1.82, 2.24) is 15.0 Å². The van der Waals surface area contributed by atoms with E-state index in [1.807, 2.05) is 0 Å².